The minimum Gasteiger partial charge on any atom is -0.368 e. The van der Waals surface area contributed by atoms with E-state index in [-0.39, 0.29) is 17.1 Å². The molecule has 1 heterocycles. The highest BCUT2D eigenvalue weighted by molar-refractivity contribution is 8.00. The van der Waals surface area contributed by atoms with Crippen molar-refractivity contribution < 1.29 is 14.3 Å². The molecule has 1 fully saturated rings. The Bertz CT molecular complexity index is 323. The minimum atomic E-state index is -0.0818. The van der Waals surface area contributed by atoms with Gasteiger partial charge in [0.25, 0.3) is 0 Å². The van der Waals surface area contributed by atoms with Crippen LogP contribution < -0.4 is 10.6 Å². The minimum absolute atomic E-state index is 0.0123. The molecule has 2 amide bonds. The van der Waals surface area contributed by atoms with Crippen molar-refractivity contribution in [2.45, 2.75) is 49.7 Å². The zero-order valence-electron chi connectivity index (χ0n) is 12.6. The molecule has 1 rings (SSSR count). The first-order chi connectivity index (χ1) is 10.1. The highest BCUT2D eigenvalue weighted by Crippen LogP contribution is 2.25. The monoisotopic (exact) mass is 334 g/mol. The van der Waals surface area contributed by atoms with Crippen LogP contribution in [-0.2, 0) is 14.3 Å². The van der Waals surface area contributed by atoms with Gasteiger partial charge in [0.15, 0.2) is 0 Å². The molecular weight excluding hydrogens is 308 g/mol. The first kappa shape index (κ1) is 18.6. The average Bonchev–Trinajstić information content (AvgIpc) is 2.48. The average molecular weight is 335 g/mol. The first-order valence-corrected chi connectivity index (χ1v) is 9.07. The Morgan fingerprint density at radius 1 is 1.33 bits per heavy atom. The third-order valence-electron chi connectivity index (χ3n) is 3.14. The van der Waals surface area contributed by atoms with Crippen molar-refractivity contribution in [2.24, 2.45) is 0 Å². The second-order valence-corrected chi connectivity index (χ2v) is 7.08. The maximum absolute atomic E-state index is 11.6. The summed E-state index contributed by atoms with van der Waals surface area (Å²) in [5.41, 5.74) is 0.305. The fraction of sp³-hybridized carbons (Fsp3) is 0.857. The van der Waals surface area contributed by atoms with Crippen molar-refractivity contribution in [3.05, 3.63) is 0 Å². The molecule has 2 unspecified atom stereocenters. The van der Waals surface area contributed by atoms with E-state index >= 15 is 0 Å². The van der Waals surface area contributed by atoms with Crippen LogP contribution in [0.2, 0.25) is 0 Å². The molecule has 2 N–H and O–H groups in total. The molecule has 1 saturated heterocycles. The predicted molar refractivity (Wildman–Crippen MR) is 89.8 cm³/mol. The molecule has 21 heavy (non-hydrogen) atoms. The van der Waals surface area contributed by atoms with Gasteiger partial charge in [-0.15, -0.1) is 11.8 Å². The van der Waals surface area contributed by atoms with E-state index < -0.39 is 0 Å². The van der Waals surface area contributed by atoms with Crippen LogP contribution in [0.3, 0.4) is 0 Å². The lowest BCUT2D eigenvalue weighted by molar-refractivity contribution is -0.122. The number of amides is 2. The molecule has 1 aliphatic heterocycles. The second kappa shape index (κ2) is 11.2. The Kier molecular flexibility index (Phi) is 9.95. The van der Waals surface area contributed by atoms with Crippen molar-refractivity contribution in [1.29, 1.82) is 0 Å². The fourth-order valence-corrected chi connectivity index (χ4v) is 3.49. The van der Waals surface area contributed by atoms with E-state index in [1.54, 1.807) is 11.8 Å². The van der Waals surface area contributed by atoms with Gasteiger partial charge in [0.1, 0.15) is 5.44 Å². The van der Waals surface area contributed by atoms with Crippen molar-refractivity contribution in [2.75, 3.05) is 25.4 Å². The number of thioether (sulfide) groups is 1. The van der Waals surface area contributed by atoms with E-state index in [1.807, 2.05) is 0 Å². The molecule has 0 saturated carbocycles. The molecule has 0 spiro atoms. The molecule has 0 aromatic heterocycles. The van der Waals surface area contributed by atoms with Gasteiger partial charge in [-0.2, -0.15) is 12.6 Å². The molecule has 0 aliphatic carbocycles. The first-order valence-electron chi connectivity index (χ1n) is 7.50. The van der Waals surface area contributed by atoms with Crippen molar-refractivity contribution >= 4 is 36.2 Å². The number of carbonyl (C=O) groups is 2. The van der Waals surface area contributed by atoms with Gasteiger partial charge in [0.05, 0.1) is 0 Å². The summed E-state index contributed by atoms with van der Waals surface area (Å²) >= 11 is 6.33. The number of ether oxygens (including phenoxy) is 1. The number of nitrogens with one attached hydrogen (secondary N) is 2. The third-order valence-corrected chi connectivity index (χ3v) is 5.16. The van der Waals surface area contributed by atoms with Crippen molar-refractivity contribution in [3.63, 3.8) is 0 Å². The van der Waals surface area contributed by atoms with E-state index in [1.165, 1.54) is 19.8 Å². The van der Waals surface area contributed by atoms with Crippen LogP contribution in [0.25, 0.3) is 0 Å². The summed E-state index contributed by atoms with van der Waals surface area (Å²) in [6.45, 7) is 3.27. The lowest BCUT2D eigenvalue weighted by Crippen LogP contribution is -2.33. The van der Waals surface area contributed by atoms with E-state index in [4.69, 9.17) is 4.74 Å². The maximum atomic E-state index is 11.6. The summed E-state index contributed by atoms with van der Waals surface area (Å²) in [6.07, 6.45) is 4.76. The van der Waals surface area contributed by atoms with Gasteiger partial charge < -0.3 is 15.4 Å². The van der Waals surface area contributed by atoms with Crippen LogP contribution >= 0.6 is 24.4 Å². The molecule has 0 aromatic rings. The molecule has 7 heteroatoms. The van der Waals surface area contributed by atoms with Gasteiger partial charge in [-0.3, -0.25) is 9.59 Å². The maximum Gasteiger partial charge on any atom is 0.220 e. The molecule has 1 aliphatic rings. The molecular formula is C14H26N2O3S2. The van der Waals surface area contributed by atoms with E-state index in [2.05, 4.69) is 23.3 Å². The summed E-state index contributed by atoms with van der Waals surface area (Å²) in [4.78, 5) is 22.3. The summed E-state index contributed by atoms with van der Waals surface area (Å²) in [6, 6.07) is 0. The Hall–Kier alpha value is -0.400. The van der Waals surface area contributed by atoms with Gasteiger partial charge >= 0.3 is 0 Å². The topological polar surface area (TPSA) is 67.4 Å². The quantitative estimate of drug-likeness (QED) is 0.442. The standard InChI is InChI=1S/C14H26N2O3S2/c1-11(17)15-7-8-16-13(18)6-5-12(20)10-21-14-4-2-3-9-19-14/h12,14,20H,2-10H2,1H3,(H,15,17)(H,16,18). The number of hydrogen-bond acceptors (Lipinski definition) is 5. The van der Waals surface area contributed by atoms with Crippen molar-refractivity contribution in [1.82, 2.24) is 10.6 Å². The summed E-state index contributed by atoms with van der Waals surface area (Å²) in [5.74, 6) is 0.840. The molecule has 0 radical (unpaired) electrons. The summed E-state index contributed by atoms with van der Waals surface area (Å²) in [5, 5.41) is 5.63. The predicted octanol–water partition coefficient (Wildman–Crippen LogP) is 1.58. The van der Waals surface area contributed by atoms with Gasteiger partial charge in [0.2, 0.25) is 11.8 Å². The fourth-order valence-electron chi connectivity index (χ4n) is 1.97. The van der Waals surface area contributed by atoms with Gasteiger partial charge in [-0.25, -0.2) is 0 Å². The third kappa shape index (κ3) is 10.0. The number of hydrogen-bond donors (Lipinski definition) is 3. The van der Waals surface area contributed by atoms with E-state index in [0.717, 1.165) is 25.2 Å². The van der Waals surface area contributed by atoms with E-state index in [0.29, 0.717) is 24.9 Å². The molecule has 0 bridgehead atoms. The molecule has 2 atom stereocenters. The number of thiol groups is 1. The summed E-state index contributed by atoms with van der Waals surface area (Å²) < 4.78 is 5.65. The zero-order valence-corrected chi connectivity index (χ0v) is 14.3. The van der Waals surface area contributed by atoms with E-state index in [9.17, 15) is 9.59 Å². The molecule has 0 aromatic carbocycles. The second-order valence-electron chi connectivity index (χ2n) is 5.15. The summed E-state index contributed by atoms with van der Waals surface area (Å²) in [7, 11) is 0. The van der Waals surface area contributed by atoms with Gasteiger partial charge in [-0.1, -0.05) is 0 Å². The Balaban J connectivity index is 1.99. The van der Waals surface area contributed by atoms with Crippen LogP contribution in [0.5, 0.6) is 0 Å². The lowest BCUT2D eigenvalue weighted by atomic mass is 10.2. The lowest BCUT2D eigenvalue weighted by Gasteiger charge is -2.23. The van der Waals surface area contributed by atoms with Crippen LogP contribution in [-0.4, -0.2) is 47.9 Å². The Labute approximate surface area is 136 Å². The van der Waals surface area contributed by atoms with Gasteiger partial charge in [0, 0.05) is 44.0 Å². The Morgan fingerprint density at radius 3 is 2.76 bits per heavy atom. The highest BCUT2D eigenvalue weighted by Gasteiger charge is 2.16. The van der Waals surface area contributed by atoms with Crippen LogP contribution in [0, 0.1) is 0 Å². The molecule has 5 nitrogen and oxygen atoms in total. The number of rotatable bonds is 9. The van der Waals surface area contributed by atoms with Crippen LogP contribution in [0.4, 0.5) is 0 Å². The SMILES string of the molecule is CC(=O)NCCNC(=O)CCC(S)CSC1CCCCO1. The zero-order chi connectivity index (χ0) is 15.5. The number of carbonyl (C=O) groups excluding carboxylic acids is 2. The van der Waals surface area contributed by atoms with Crippen LogP contribution in [0.15, 0.2) is 0 Å². The van der Waals surface area contributed by atoms with Crippen molar-refractivity contribution in [3.8, 4) is 0 Å². The van der Waals surface area contributed by atoms with Crippen LogP contribution in [0.1, 0.15) is 39.0 Å². The highest BCUT2D eigenvalue weighted by atomic mass is 32.2. The normalized spacial score (nSPS) is 19.8. The molecule has 122 valence electrons. The largest absolute Gasteiger partial charge is 0.368 e. The Morgan fingerprint density at radius 2 is 2.10 bits per heavy atom. The van der Waals surface area contributed by atoms with Gasteiger partial charge in [-0.05, 0) is 25.7 Å². The smallest absolute Gasteiger partial charge is 0.220 e.